The van der Waals surface area contributed by atoms with E-state index in [0.717, 1.165) is 42.8 Å². The van der Waals surface area contributed by atoms with Gasteiger partial charge in [-0.3, -0.25) is 0 Å². The number of hydrogen-bond donors (Lipinski definition) is 1. The third-order valence-electron chi connectivity index (χ3n) is 3.52. The molecule has 0 aliphatic carbocycles. The summed E-state index contributed by atoms with van der Waals surface area (Å²) in [5, 5.41) is 0.987. The summed E-state index contributed by atoms with van der Waals surface area (Å²) in [6.45, 7) is 2.77. The van der Waals surface area contributed by atoms with E-state index < -0.39 is 0 Å². The second kappa shape index (κ2) is 4.97. The lowest BCUT2D eigenvalue weighted by Crippen LogP contribution is -2.48. The zero-order valence-electron chi connectivity index (χ0n) is 10.9. The largest absolute Gasteiger partial charge is 0.481 e. The van der Waals surface area contributed by atoms with Crippen LogP contribution in [0.2, 0.25) is 0 Å². The molecule has 0 radical (unpaired) electrons. The molecule has 6 heteroatoms. The van der Waals surface area contributed by atoms with Gasteiger partial charge in [0.15, 0.2) is 0 Å². The van der Waals surface area contributed by atoms with E-state index in [1.165, 1.54) is 0 Å². The summed E-state index contributed by atoms with van der Waals surface area (Å²) >= 11 is 0. The Balaban J connectivity index is 1.91. The average molecular weight is 259 g/mol. The van der Waals surface area contributed by atoms with E-state index in [9.17, 15) is 0 Å². The molecule has 0 bridgehead atoms. The van der Waals surface area contributed by atoms with Crippen molar-refractivity contribution in [2.45, 2.75) is 6.42 Å². The van der Waals surface area contributed by atoms with Gasteiger partial charge in [0.05, 0.1) is 18.8 Å². The second-order valence-electron chi connectivity index (χ2n) is 4.79. The SMILES string of the molecule is COc1cc2c(N3CC(CCN)C3)ncnc2cn1. The topological polar surface area (TPSA) is 77.2 Å². The molecule has 0 aromatic carbocycles. The molecule has 1 fully saturated rings. The fourth-order valence-corrected chi connectivity index (χ4v) is 2.45. The van der Waals surface area contributed by atoms with Gasteiger partial charge in [0.1, 0.15) is 12.1 Å². The highest BCUT2D eigenvalue weighted by Crippen LogP contribution is 2.30. The van der Waals surface area contributed by atoms with E-state index >= 15 is 0 Å². The van der Waals surface area contributed by atoms with Crippen molar-refractivity contribution in [3.63, 3.8) is 0 Å². The first kappa shape index (κ1) is 12.1. The molecule has 6 nitrogen and oxygen atoms in total. The van der Waals surface area contributed by atoms with E-state index in [4.69, 9.17) is 10.5 Å². The minimum atomic E-state index is 0.586. The number of anilines is 1. The number of rotatable bonds is 4. The van der Waals surface area contributed by atoms with E-state index in [-0.39, 0.29) is 0 Å². The monoisotopic (exact) mass is 259 g/mol. The number of hydrogen-bond acceptors (Lipinski definition) is 6. The molecular weight excluding hydrogens is 242 g/mol. The van der Waals surface area contributed by atoms with Crippen LogP contribution in [0.3, 0.4) is 0 Å². The van der Waals surface area contributed by atoms with Crippen molar-refractivity contribution in [1.82, 2.24) is 15.0 Å². The molecule has 2 N–H and O–H groups in total. The predicted octanol–water partition coefficient (Wildman–Crippen LogP) is 0.818. The fraction of sp³-hybridized carbons (Fsp3) is 0.462. The number of nitrogens with zero attached hydrogens (tertiary/aromatic N) is 4. The Kier molecular flexibility index (Phi) is 3.16. The molecule has 19 heavy (non-hydrogen) atoms. The molecule has 2 aromatic heterocycles. The fourth-order valence-electron chi connectivity index (χ4n) is 2.45. The Morgan fingerprint density at radius 1 is 1.37 bits per heavy atom. The summed E-state index contributed by atoms with van der Waals surface area (Å²) in [5.74, 6) is 2.22. The van der Waals surface area contributed by atoms with E-state index in [1.54, 1.807) is 19.6 Å². The molecule has 0 unspecified atom stereocenters. The van der Waals surface area contributed by atoms with Crippen molar-refractivity contribution in [1.29, 1.82) is 0 Å². The molecule has 0 saturated carbocycles. The van der Waals surface area contributed by atoms with Crippen molar-refractivity contribution in [2.24, 2.45) is 11.7 Å². The zero-order chi connectivity index (χ0) is 13.2. The highest BCUT2D eigenvalue weighted by Gasteiger charge is 2.28. The van der Waals surface area contributed by atoms with Gasteiger partial charge >= 0.3 is 0 Å². The second-order valence-corrected chi connectivity index (χ2v) is 4.79. The molecule has 3 rings (SSSR count). The molecule has 100 valence electrons. The van der Waals surface area contributed by atoms with Crippen molar-refractivity contribution in [2.75, 3.05) is 31.6 Å². The first-order valence-corrected chi connectivity index (χ1v) is 6.41. The van der Waals surface area contributed by atoms with E-state index in [0.29, 0.717) is 11.8 Å². The van der Waals surface area contributed by atoms with Gasteiger partial charge in [0.25, 0.3) is 0 Å². The average Bonchev–Trinajstić information content (AvgIpc) is 2.41. The zero-order valence-corrected chi connectivity index (χ0v) is 10.9. The number of ether oxygens (including phenoxy) is 1. The third-order valence-corrected chi connectivity index (χ3v) is 3.52. The molecule has 3 heterocycles. The summed E-state index contributed by atoms with van der Waals surface area (Å²) in [7, 11) is 1.61. The highest BCUT2D eigenvalue weighted by molar-refractivity contribution is 5.89. The maximum Gasteiger partial charge on any atom is 0.213 e. The number of nitrogens with two attached hydrogens (primary N) is 1. The molecule has 2 aromatic rings. The third kappa shape index (κ3) is 2.19. The first-order chi connectivity index (χ1) is 9.31. The molecule has 0 atom stereocenters. The van der Waals surface area contributed by atoms with Gasteiger partial charge in [-0.05, 0) is 18.9 Å². The van der Waals surface area contributed by atoms with Crippen molar-refractivity contribution in [3.05, 3.63) is 18.6 Å². The lowest BCUT2D eigenvalue weighted by molar-refractivity contribution is 0.387. The van der Waals surface area contributed by atoms with Crippen LogP contribution in [0.4, 0.5) is 5.82 Å². The number of aromatic nitrogens is 3. The summed E-state index contributed by atoms with van der Waals surface area (Å²) in [4.78, 5) is 15.1. The Bertz CT molecular complexity index is 582. The summed E-state index contributed by atoms with van der Waals surface area (Å²) in [6, 6.07) is 1.89. The van der Waals surface area contributed by atoms with Gasteiger partial charge in [0, 0.05) is 24.5 Å². The number of pyridine rings is 1. The van der Waals surface area contributed by atoms with Gasteiger partial charge in [-0.15, -0.1) is 0 Å². The summed E-state index contributed by atoms with van der Waals surface area (Å²) < 4.78 is 5.17. The quantitative estimate of drug-likeness (QED) is 0.876. The lowest BCUT2D eigenvalue weighted by Gasteiger charge is -2.40. The number of fused-ring (bicyclic) bond motifs is 1. The van der Waals surface area contributed by atoms with Crippen LogP contribution in [0.25, 0.3) is 10.9 Å². The minimum absolute atomic E-state index is 0.586. The lowest BCUT2D eigenvalue weighted by atomic mass is 9.96. The summed E-state index contributed by atoms with van der Waals surface area (Å²) in [6.07, 6.45) is 4.38. The van der Waals surface area contributed by atoms with Crippen molar-refractivity contribution >= 4 is 16.7 Å². The van der Waals surface area contributed by atoms with Gasteiger partial charge in [-0.25, -0.2) is 15.0 Å². The molecule has 0 amide bonds. The maximum absolute atomic E-state index is 5.58. The van der Waals surface area contributed by atoms with Crippen LogP contribution in [0, 0.1) is 5.92 Å². The molecular formula is C13H17N5O. The van der Waals surface area contributed by atoms with Crippen molar-refractivity contribution in [3.8, 4) is 5.88 Å². The molecule has 1 aliphatic heterocycles. The maximum atomic E-state index is 5.58. The standard InChI is InChI=1S/C13H17N5O/c1-19-12-4-10-11(5-15-12)16-8-17-13(10)18-6-9(7-18)2-3-14/h4-5,8-9H,2-3,6-7,14H2,1H3. The van der Waals surface area contributed by atoms with E-state index in [2.05, 4.69) is 19.9 Å². The van der Waals surface area contributed by atoms with Crippen LogP contribution in [0.5, 0.6) is 5.88 Å². The van der Waals surface area contributed by atoms with E-state index in [1.807, 2.05) is 6.07 Å². The normalized spacial score (nSPS) is 15.6. The van der Waals surface area contributed by atoms with Gasteiger partial charge in [-0.1, -0.05) is 0 Å². The Morgan fingerprint density at radius 2 is 2.21 bits per heavy atom. The number of methoxy groups -OCH3 is 1. The van der Waals surface area contributed by atoms with Gasteiger partial charge in [-0.2, -0.15) is 0 Å². The first-order valence-electron chi connectivity index (χ1n) is 6.41. The van der Waals surface area contributed by atoms with Crippen LogP contribution in [0.15, 0.2) is 18.6 Å². The molecule has 1 saturated heterocycles. The minimum Gasteiger partial charge on any atom is -0.481 e. The van der Waals surface area contributed by atoms with Crippen LogP contribution < -0.4 is 15.4 Å². The Morgan fingerprint density at radius 3 is 2.95 bits per heavy atom. The Labute approximate surface area is 111 Å². The van der Waals surface area contributed by atoms with Crippen LogP contribution in [-0.2, 0) is 0 Å². The highest BCUT2D eigenvalue weighted by atomic mass is 16.5. The molecule has 1 aliphatic rings. The van der Waals surface area contributed by atoms with Crippen molar-refractivity contribution < 1.29 is 4.74 Å². The van der Waals surface area contributed by atoms with Crippen LogP contribution in [-0.4, -0.2) is 41.7 Å². The smallest absolute Gasteiger partial charge is 0.213 e. The van der Waals surface area contributed by atoms with Gasteiger partial charge in [0.2, 0.25) is 5.88 Å². The molecule has 0 spiro atoms. The summed E-state index contributed by atoms with van der Waals surface area (Å²) in [5.41, 5.74) is 6.42. The van der Waals surface area contributed by atoms with Crippen LogP contribution >= 0.6 is 0 Å². The van der Waals surface area contributed by atoms with Gasteiger partial charge < -0.3 is 15.4 Å². The predicted molar refractivity (Wildman–Crippen MR) is 73.3 cm³/mol. The Hall–Kier alpha value is -1.95. The van der Waals surface area contributed by atoms with Crippen LogP contribution in [0.1, 0.15) is 6.42 Å².